The van der Waals surface area contributed by atoms with Gasteiger partial charge in [0, 0.05) is 6.08 Å². The topological polar surface area (TPSA) is 35.5 Å². The molecule has 3 nitrogen and oxygen atoms in total. The van der Waals surface area contributed by atoms with Gasteiger partial charge in [0.2, 0.25) is 8.32 Å². The van der Waals surface area contributed by atoms with Crippen molar-refractivity contribution in [2.45, 2.75) is 38.9 Å². The van der Waals surface area contributed by atoms with Gasteiger partial charge in [-0.15, -0.1) is 0 Å². The average molecular weight is 355 g/mol. The first-order chi connectivity index (χ1) is 11.7. The summed E-state index contributed by atoms with van der Waals surface area (Å²) in [6, 6.07) is 16.8. The number of carbonyl (C=O) groups is 1. The van der Waals surface area contributed by atoms with Crippen molar-refractivity contribution in [3.8, 4) is 11.5 Å². The van der Waals surface area contributed by atoms with Gasteiger partial charge in [-0.25, -0.2) is 4.79 Å². The smallest absolute Gasteiger partial charge is 0.336 e. The van der Waals surface area contributed by atoms with E-state index in [4.69, 9.17) is 9.16 Å². The van der Waals surface area contributed by atoms with Crippen LogP contribution in [0, 0.1) is 0 Å². The number of hydrogen-bond acceptors (Lipinski definition) is 3. The van der Waals surface area contributed by atoms with Crippen molar-refractivity contribution in [2.75, 3.05) is 0 Å². The minimum absolute atomic E-state index is 0.159. The predicted octanol–water partition coefficient (Wildman–Crippen LogP) is 5.69. The summed E-state index contributed by atoms with van der Waals surface area (Å²) in [7, 11) is -1.83. The molecule has 0 saturated carbocycles. The number of hydrogen-bond donors (Lipinski definition) is 0. The van der Waals surface area contributed by atoms with Crippen LogP contribution in [0.25, 0.3) is 6.08 Å². The molecule has 0 aromatic heterocycles. The van der Waals surface area contributed by atoms with Crippen LogP contribution in [-0.4, -0.2) is 14.3 Å². The van der Waals surface area contributed by atoms with Crippen molar-refractivity contribution in [2.24, 2.45) is 0 Å². The van der Waals surface area contributed by atoms with Crippen LogP contribution in [-0.2, 0) is 4.79 Å². The Labute approximate surface area is 151 Å². The zero-order valence-corrected chi connectivity index (χ0v) is 16.6. The molecule has 132 valence electrons. The molecule has 0 aliphatic heterocycles. The molecule has 0 radical (unpaired) electrons. The monoisotopic (exact) mass is 354 g/mol. The van der Waals surface area contributed by atoms with E-state index in [1.165, 1.54) is 6.08 Å². The van der Waals surface area contributed by atoms with E-state index >= 15 is 0 Å². The summed E-state index contributed by atoms with van der Waals surface area (Å²) in [5.74, 6) is 1.01. The molecule has 0 aliphatic carbocycles. The summed E-state index contributed by atoms with van der Waals surface area (Å²) < 4.78 is 11.5. The Morgan fingerprint density at radius 3 is 2.08 bits per heavy atom. The Hall–Kier alpha value is -2.33. The second-order valence-electron chi connectivity index (χ2n) is 7.50. The quantitative estimate of drug-likeness (QED) is 0.299. The third-order valence-electron chi connectivity index (χ3n) is 4.43. The van der Waals surface area contributed by atoms with Gasteiger partial charge in [-0.3, -0.25) is 0 Å². The van der Waals surface area contributed by atoms with Crippen molar-refractivity contribution in [3.05, 3.63) is 66.2 Å². The van der Waals surface area contributed by atoms with Gasteiger partial charge in [0.05, 0.1) is 0 Å². The van der Waals surface area contributed by atoms with Gasteiger partial charge >= 0.3 is 5.97 Å². The average Bonchev–Trinajstić information content (AvgIpc) is 2.54. The van der Waals surface area contributed by atoms with Crippen LogP contribution < -0.4 is 9.16 Å². The number of esters is 1. The van der Waals surface area contributed by atoms with E-state index < -0.39 is 14.3 Å². The molecule has 0 aliphatic rings. The zero-order chi connectivity index (χ0) is 18.5. The highest BCUT2D eigenvalue weighted by molar-refractivity contribution is 6.74. The maximum Gasteiger partial charge on any atom is 0.336 e. The maximum atomic E-state index is 11.8. The summed E-state index contributed by atoms with van der Waals surface area (Å²) in [4.78, 5) is 11.8. The molecule has 2 aromatic rings. The highest BCUT2D eigenvalue weighted by Crippen LogP contribution is 2.37. The van der Waals surface area contributed by atoms with Gasteiger partial charge in [0.15, 0.2) is 0 Å². The van der Waals surface area contributed by atoms with Gasteiger partial charge in [-0.2, -0.15) is 0 Å². The molecule has 0 fully saturated rings. The summed E-state index contributed by atoms with van der Waals surface area (Å²) in [6.07, 6.45) is 3.16. The molecule has 0 atom stereocenters. The largest absolute Gasteiger partial charge is 0.544 e. The highest BCUT2D eigenvalue weighted by Gasteiger charge is 2.38. The van der Waals surface area contributed by atoms with Crippen molar-refractivity contribution in [3.63, 3.8) is 0 Å². The van der Waals surface area contributed by atoms with Crippen LogP contribution in [0.5, 0.6) is 11.5 Å². The molecule has 25 heavy (non-hydrogen) atoms. The molecule has 0 bridgehead atoms. The molecular formula is C21H26O3Si. The Balaban J connectivity index is 1.97. The maximum absolute atomic E-state index is 11.8. The molecule has 0 N–H and O–H groups in total. The van der Waals surface area contributed by atoms with E-state index in [1.807, 2.05) is 42.5 Å². The van der Waals surface area contributed by atoms with Gasteiger partial charge in [0.25, 0.3) is 0 Å². The Morgan fingerprint density at radius 1 is 0.920 bits per heavy atom. The summed E-state index contributed by atoms with van der Waals surface area (Å²) in [6.45, 7) is 11.1. The fourth-order valence-electron chi connectivity index (χ4n) is 1.90. The second kappa shape index (κ2) is 7.70. The molecule has 4 heteroatoms. The third-order valence-corrected chi connectivity index (χ3v) is 8.79. The molecule has 0 heterocycles. The van der Waals surface area contributed by atoms with E-state index in [9.17, 15) is 4.79 Å². The van der Waals surface area contributed by atoms with Crippen molar-refractivity contribution in [1.82, 2.24) is 0 Å². The summed E-state index contributed by atoms with van der Waals surface area (Å²) in [5, 5.41) is 0.159. The minimum atomic E-state index is -1.83. The summed E-state index contributed by atoms with van der Waals surface area (Å²) in [5.41, 5.74) is 0.924. The Bertz CT molecular complexity index is 726. The standard InChI is InChI=1S/C21H26O3Si/c1-21(2,3)25(4,5)24-19-14-11-17(12-15-19)13-16-20(22)23-18-9-7-6-8-10-18/h6-16H,1-5H3/b16-13+. The number of carbonyl (C=O) groups excluding carboxylic acids is 1. The van der Waals surface area contributed by atoms with Crippen LogP contribution in [0.3, 0.4) is 0 Å². The van der Waals surface area contributed by atoms with Crippen molar-refractivity contribution in [1.29, 1.82) is 0 Å². The SMILES string of the molecule is CC(C)(C)[Si](C)(C)Oc1ccc(/C=C/C(=O)Oc2ccccc2)cc1. The minimum Gasteiger partial charge on any atom is -0.544 e. The number of benzene rings is 2. The van der Waals surface area contributed by atoms with Crippen molar-refractivity contribution >= 4 is 20.4 Å². The lowest BCUT2D eigenvalue weighted by Gasteiger charge is -2.36. The lowest BCUT2D eigenvalue weighted by Crippen LogP contribution is -2.43. The Morgan fingerprint density at radius 2 is 1.52 bits per heavy atom. The predicted molar refractivity (Wildman–Crippen MR) is 105 cm³/mol. The van der Waals surface area contributed by atoms with Crippen LogP contribution in [0.1, 0.15) is 26.3 Å². The molecule has 0 spiro atoms. The van der Waals surface area contributed by atoms with Gasteiger partial charge in [-0.05, 0) is 54.0 Å². The van der Waals surface area contributed by atoms with Crippen molar-refractivity contribution < 1.29 is 14.0 Å². The first-order valence-electron chi connectivity index (χ1n) is 8.41. The van der Waals surface area contributed by atoms with E-state index in [0.29, 0.717) is 5.75 Å². The normalized spacial score (nSPS) is 12.2. The van der Waals surface area contributed by atoms with E-state index in [0.717, 1.165) is 11.3 Å². The number of rotatable bonds is 5. The van der Waals surface area contributed by atoms with E-state index in [-0.39, 0.29) is 5.04 Å². The Kier molecular flexibility index (Phi) is 5.85. The van der Waals surface area contributed by atoms with E-state index in [1.54, 1.807) is 18.2 Å². The second-order valence-corrected chi connectivity index (χ2v) is 12.2. The molecular weight excluding hydrogens is 328 g/mol. The number of para-hydroxylation sites is 1. The first kappa shape index (κ1) is 19.0. The third kappa shape index (κ3) is 5.61. The van der Waals surface area contributed by atoms with Crippen LogP contribution in [0.15, 0.2) is 60.7 Å². The molecule has 0 unspecified atom stereocenters. The number of ether oxygens (including phenoxy) is 1. The van der Waals surface area contributed by atoms with E-state index in [2.05, 4.69) is 33.9 Å². The van der Waals surface area contributed by atoms with Gasteiger partial charge < -0.3 is 9.16 Å². The zero-order valence-electron chi connectivity index (χ0n) is 15.6. The molecule has 0 amide bonds. The molecule has 2 aromatic carbocycles. The summed E-state index contributed by atoms with van der Waals surface area (Å²) >= 11 is 0. The first-order valence-corrected chi connectivity index (χ1v) is 11.3. The highest BCUT2D eigenvalue weighted by atomic mass is 28.4. The van der Waals surface area contributed by atoms with Crippen LogP contribution in [0.4, 0.5) is 0 Å². The lowest BCUT2D eigenvalue weighted by atomic mass is 10.2. The van der Waals surface area contributed by atoms with Crippen LogP contribution >= 0.6 is 0 Å². The molecule has 2 rings (SSSR count). The fraction of sp³-hybridized carbons (Fsp3) is 0.286. The fourth-order valence-corrected chi connectivity index (χ4v) is 2.93. The van der Waals surface area contributed by atoms with Gasteiger partial charge in [0.1, 0.15) is 11.5 Å². The van der Waals surface area contributed by atoms with Crippen LogP contribution in [0.2, 0.25) is 18.1 Å². The lowest BCUT2D eigenvalue weighted by molar-refractivity contribution is -0.128. The van der Waals surface area contributed by atoms with Gasteiger partial charge in [-0.1, -0.05) is 51.1 Å². The molecule has 0 saturated heterocycles.